The van der Waals surface area contributed by atoms with Crippen LogP contribution in [0.2, 0.25) is 0 Å². The Morgan fingerprint density at radius 2 is 2.21 bits per heavy atom. The molecule has 1 aliphatic rings. The minimum absolute atomic E-state index is 0.347. The summed E-state index contributed by atoms with van der Waals surface area (Å²) in [6.45, 7) is 2.04. The molecule has 1 aliphatic heterocycles. The van der Waals surface area contributed by atoms with E-state index >= 15 is 0 Å². The summed E-state index contributed by atoms with van der Waals surface area (Å²) in [7, 11) is 0. The van der Waals surface area contributed by atoms with Crippen LogP contribution in [0, 0.1) is 0 Å². The number of piperidine rings is 1. The maximum atomic E-state index is 8.67. The lowest BCUT2D eigenvalue weighted by Gasteiger charge is -2.23. The molecule has 14 heavy (non-hydrogen) atoms. The number of hydrogen-bond donors (Lipinski definition) is 2. The third kappa shape index (κ3) is 1.86. The molecule has 0 aromatic carbocycles. The van der Waals surface area contributed by atoms with E-state index in [0.717, 1.165) is 31.5 Å². The first-order valence-electron chi connectivity index (χ1n) is 4.89. The summed E-state index contributed by atoms with van der Waals surface area (Å²) < 4.78 is 0. The first-order valence-corrected chi connectivity index (χ1v) is 4.89. The van der Waals surface area contributed by atoms with E-state index in [1.807, 2.05) is 12.1 Å². The highest BCUT2D eigenvalue weighted by molar-refractivity contribution is 5.29. The topological polar surface area (TPSA) is 54.4 Å². The van der Waals surface area contributed by atoms with Crippen LogP contribution in [0.3, 0.4) is 0 Å². The lowest BCUT2D eigenvalue weighted by Crippen LogP contribution is -2.26. The molecule has 0 spiro atoms. The summed E-state index contributed by atoms with van der Waals surface area (Å²) >= 11 is 0. The van der Waals surface area contributed by atoms with Crippen LogP contribution >= 0.6 is 0 Å². The van der Waals surface area contributed by atoms with Gasteiger partial charge in [-0.2, -0.15) is 0 Å². The Morgan fingerprint density at radius 1 is 1.43 bits per heavy atom. The minimum atomic E-state index is 0.347. The van der Waals surface area contributed by atoms with E-state index in [0.29, 0.717) is 11.8 Å². The van der Waals surface area contributed by atoms with Gasteiger partial charge in [-0.1, -0.05) is 6.07 Å². The average Bonchev–Trinajstić information content (AvgIpc) is 2.30. The molecule has 1 fully saturated rings. The van der Waals surface area contributed by atoms with Crippen molar-refractivity contribution in [3.63, 3.8) is 0 Å². The van der Waals surface area contributed by atoms with Crippen molar-refractivity contribution in [1.82, 2.24) is 10.3 Å². The Bertz CT molecular complexity index is 298. The summed E-state index contributed by atoms with van der Waals surface area (Å²) in [5, 5.41) is 12.0. The van der Waals surface area contributed by atoms with E-state index in [4.69, 9.17) is 5.26 Å². The normalized spacial score (nSPS) is 18.1. The quantitative estimate of drug-likeness (QED) is 0.552. The molecule has 0 unspecified atom stereocenters. The van der Waals surface area contributed by atoms with Crippen LogP contribution in [0.4, 0.5) is 0 Å². The van der Waals surface area contributed by atoms with Gasteiger partial charge >= 0.3 is 0 Å². The van der Waals surface area contributed by atoms with Crippen molar-refractivity contribution in [2.45, 2.75) is 18.8 Å². The van der Waals surface area contributed by atoms with Crippen molar-refractivity contribution in [3.05, 3.63) is 23.9 Å². The molecule has 2 rings (SSSR count). The zero-order valence-electron chi connectivity index (χ0n) is 7.94. The molecular formula is C10H14N2O2. The van der Waals surface area contributed by atoms with Crippen LogP contribution in [0.1, 0.15) is 24.3 Å². The summed E-state index contributed by atoms with van der Waals surface area (Å²) in [5.74, 6) is 0.798. The summed E-state index contributed by atoms with van der Waals surface area (Å²) in [6.07, 6.45) is 3.76. The van der Waals surface area contributed by atoms with Gasteiger partial charge < -0.3 is 10.2 Å². The monoisotopic (exact) mass is 194 g/mol. The van der Waals surface area contributed by atoms with Gasteiger partial charge in [-0.3, -0.25) is 0 Å². The third-order valence-electron chi connectivity index (χ3n) is 2.67. The number of rotatable bonds is 2. The lowest BCUT2D eigenvalue weighted by atomic mass is 9.91. The molecule has 4 heteroatoms. The zero-order chi connectivity index (χ0) is 9.80. The standard InChI is InChI=1S/C10H14N2O2/c13-14-10-9(2-1-5-12-10)8-3-6-11-7-4-8/h1-2,5,8,11,13H,3-4,6-7H2. The second-order valence-corrected chi connectivity index (χ2v) is 3.51. The van der Waals surface area contributed by atoms with Crippen molar-refractivity contribution in [2.75, 3.05) is 13.1 Å². The molecule has 0 saturated carbocycles. The molecule has 2 heterocycles. The molecule has 76 valence electrons. The van der Waals surface area contributed by atoms with Gasteiger partial charge in [0.15, 0.2) is 0 Å². The Morgan fingerprint density at radius 3 is 2.93 bits per heavy atom. The van der Waals surface area contributed by atoms with Crippen LogP contribution in [-0.2, 0) is 0 Å². The maximum absolute atomic E-state index is 8.67. The third-order valence-corrected chi connectivity index (χ3v) is 2.67. The smallest absolute Gasteiger partial charge is 0.259 e. The van der Waals surface area contributed by atoms with Gasteiger partial charge in [0.1, 0.15) is 0 Å². The van der Waals surface area contributed by atoms with E-state index < -0.39 is 0 Å². The minimum Gasteiger partial charge on any atom is -0.319 e. The van der Waals surface area contributed by atoms with Crippen LogP contribution in [-0.4, -0.2) is 23.3 Å². The van der Waals surface area contributed by atoms with Crippen LogP contribution < -0.4 is 10.2 Å². The number of nitrogens with one attached hydrogen (secondary N) is 1. The molecular weight excluding hydrogens is 180 g/mol. The molecule has 1 aromatic rings. The maximum Gasteiger partial charge on any atom is 0.259 e. The van der Waals surface area contributed by atoms with E-state index in [-0.39, 0.29) is 0 Å². The lowest BCUT2D eigenvalue weighted by molar-refractivity contribution is -0.142. The van der Waals surface area contributed by atoms with E-state index in [2.05, 4.69) is 15.2 Å². The van der Waals surface area contributed by atoms with Gasteiger partial charge in [-0.05, 0) is 37.9 Å². The number of pyridine rings is 1. The Hall–Kier alpha value is -1.13. The number of nitrogens with zero attached hydrogens (tertiary/aromatic N) is 1. The molecule has 0 amide bonds. The van der Waals surface area contributed by atoms with Crippen molar-refractivity contribution in [2.24, 2.45) is 0 Å². The average molecular weight is 194 g/mol. The van der Waals surface area contributed by atoms with Gasteiger partial charge in [0.25, 0.3) is 5.88 Å². The van der Waals surface area contributed by atoms with Gasteiger partial charge in [-0.25, -0.2) is 10.2 Å². The van der Waals surface area contributed by atoms with Crippen LogP contribution in [0.25, 0.3) is 0 Å². The summed E-state index contributed by atoms with van der Waals surface area (Å²) in [5.41, 5.74) is 1.01. The van der Waals surface area contributed by atoms with Gasteiger partial charge in [-0.15, -0.1) is 0 Å². The second kappa shape index (κ2) is 4.39. The Labute approximate surface area is 82.9 Å². The van der Waals surface area contributed by atoms with E-state index in [9.17, 15) is 0 Å². The van der Waals surface area contributed by atoms with Gasteiger partial charge in [0.2, 0.25) is 0 Å². The van der Waals surface area contributed by atoms with Gasteiger partial charge in [0, 0.05) is 11.8 Å². The van der Waals surface area contributed by atoms with Crippen molar-refractivity contribution in [1.29, 1.82) is 0 Å². The van der Waals surface area contributed by atoms with Crippen molar-refractivity contribution < 1.29 is 10.1 Å². The molecule has 0 bridgehead atoms. The fraction of sp³-hybridized carbons (Fsp3) is 0.500. The zero-order valence-corrected chi connectivity index (χ0v) is 7.94. The van der Waals surface area contributed by atoms with Gasteiger partial charge in [0.05, 0.1) is 0 Å². The fourth-order valence-electron chi connectivity index (χ4n) is 1.92. The van der Waals surface area contributed by atoms with Crippen molar-refractivity contribution in [3.8, 4) is 5.88 Å². The number of aromatic nitrogens is 1. The predicted molar refractivity (Wildman–Crippen MR) is 52.3 cm³/mol. The summed E-state index contributed by atoms with van der Waals surface area (Å²) in [4.78, 5) is 8.25. The molecule has 1 saturated heterocycles. The highest BCUT2D eigenvalue weighted by Gasteiger charge is 2.19. The summed E-state index contributed by atoms with van der Waals surface area (Å²) in [6, 6.07) is 3.84. The van der Waals surface area contributed by atoms with E-state index in [1.54, 1.807) is 6.20 Å². The SMILES string of the molecule is OOc1ncccc1C1CCNCC1. The molecule has 2 N–H and O–H groups in total. The molecule has 0 aliphatic carbocycles. The molecule has 0 atom stereocenters. The highest BCUT2D eigenvalue weighted by atomic mass is 17.1. The van der Waals surface area contributed by atoms with Crippen LogP contribution in [0.5, 0.6) is 5.88 Å². The molecule has 4 nitrogen and oxygen atoms in total. The second-order valence-electron chi connectivity index (χ2n) is 3.51. The van der Waals surface area contributed by atoms with E-state index in [1.165, 1.54) is 0 Å². The molecule has 1 aromatic heterocycles. The number of hydrogen-bond acceptors (Lipinski definition) is 4. The first kappa shape index (κ1) is 9.43. The highest BCUT2D eigenvalue weighted by Crippen LogP contribution is 2.30. The predicted octanol–water partition coefficient (Wildman–Crippen LogP) is 1.40. The first-order chi connectivity index (χ1) is 6.92. The van der Waals surface area contributed by atoms with Crippen LogP contribution in [0.15, 0.2) is 18.3 Å². The van der Waals surface area contributed by atoms with Crippen molar-refractivity contribution >= 4 is 0 Å². The Kier molecular flexibility index (Phi) is 2.96. The molecule has 0 radical (unpaired) electrons. The largest absolute Gasteiger partial charge is 0.319 e. The Balaban J connectivity index is 2.20. The fourth-order valence-corrected chi connectivity index (χ4v) is 1.92.